The first-order valence-corrected chi connectivity index (χ1v) is 8.78. The van der Waals surface area contributed by atoms with Crippen LogP contribution in [-0.4, -0.2) is 57.8 Å². The third-order valence-corrected chi connectivity index (χ3v) is 4.47. The monoisotopic (exact) mass is 393 g/mol. The van der Waals surface area contributed by atoms with E-state index in [4.69, 9.17) is 23.2 Å². The van der Waals surface area contributed by atoms with Gasteiger partial charge in [-0.25, -0.2) is 9.97 Å². The van der Waals surface area contributed by atoms with Gasteiger partial charge in [0.05, 0.1) is 0 Å². The fraction of sp³-hybridized carbons (Fsp3) is 0.294. The van der Waals surface area contributed by atoms with Crippen LogP contribution in [0.25, 0.3) is 0 Å². The van der Waals surface area contributed by atoms with Crippen molar-refractivity contribution < 1.29 is 9.59 Å². The minimum absolute atomic E-state index is 0.0193. The van der Waals surface area contributed by atoms with E-state index in [1.807, 2.05) is 0 Å². The van der Waals surface area contributed by atoms with E-state index >= 15 is 0 Å². The van der Waals surface area contributed by atoms with E-state index < -0.39 is 0 Å². The molecule has 0 saturated carbocycles. The summed E-state index contributed by atoms with van der Waals surface area (Å²) in [7, 11) is 0. The fourth-order valence-corrected chi connectivity index (χ4v) is 3.23. The summed E-state index contributed by atoms with van der Waals surface area (Å²) in [5.41, 5.74) is 0.946. The number of aromatic nitrogens is 2. The summed E-state index contributed by atoms with van der Waals surface area (Å²) in [5, 5.41) is 4.05. The van der Waals surface area contributed by atoms with Crippen molar-refractivity contribution >= 4 is 46.5 Å². The molecule has 0 bridgehead atoms. The number of carbonyl (C=O) groups excluding carboxylic acids is 2. The minimum atomic E-state index is -0.192. The van der Waals surface area contributed by atoms with Crippen LogP contribution in [0.1, 0.15) is 17.4 Å². The molecule has 1 saturated heterocycles. The predicted octanol–water partition coefficient (Wildman–Crippen LogP) is 2.83. The second-order valence-electron chi connectivity index (χ2n) is 5.87. The average Bonchev–Trinajstić information content (AvgIpc) is 2.60. The lowest BCUT2D eigenvalue weighted by Crippen LogP contribution is -2.50. The number of nitrogens with zero attached hydrogens (tertiary/aromatic N) is 4. The van der Waals surface area contributed by atoms with Crippen molar-refractivity contribution in [3.63, 3.8) is 0 Å². The van der Waals surface area contributed by atoms with Gasteiger partial charge in [0.1, 0.15) is 17.8 Å². The molecule has 2 heterocycles. The summed E-state index contributed by atoms with van der Waals surface area (Å²) < 4.78 is 0. The normalized spacial score (nSPS) is 14.3. The number of nitrogens with one attached hydrogen (secondary N) is 1. The van der Waals surface area contributed by atoms with Crippen molar-refractivity contribution in [1.82, 2.24) is 19.8 Å². The molecule has 0 radical (unpaired) electrons. The zero-order chi connectivity index (χ0) is 18.7. The van der Waals surface area contributed by atoms with Crippen LogP contribution in [0.3, 0.4) is 0 Å². The molecule has 0 aliphatic carbocycles. The van der Waals surface area contributed by atoms with E-state index in [2.05, 4.69) is 15.3 Å². The Morgan fingerprint density at radius 2 is 1.58 bits per heavy atom. The van der Waals surface area contributed by atoms with E-state index in [1.54, 1.807) is 34.1 Å². The molecule has 1 fully saturated rings. The van der Waals surface area contributed by atoms with Gasteiger partial charge in [-0.05, 0) is 18.2 Å². The van der Waals surface area contributed by atoms with Gasteiger partial charge >= 0.3 is 0 Å². The number of anilines is 2. The van der Waals surface area contributed by atoms with Crippen LogP contribution >= 0.6 is 23.2 Å². The Morgan fingerprint density at radius 1 is 0.962 bits per heavy atom. The SMILES string of the molecule is CC(=O)N1CCN(C(=O)c2cc(Nc3cc(Cl)cc(Cl)c3)ncn2)CC1. The van der Waals surface area contributed by atoms with Gasteiger partial charge < -0.3 is 15.1 Å². The lowest BCUT2D eigenvalue weighted by molar-refractivity contribution is -0.130. The molecule has 1 aliphatic heterocycles. The van der Waals surface area contributed by atoms with E-state index in [9.17, 15) is 9.59 Å². The van der Waals surface area contributed by atoms with Crippen LogP contribution < -0.4 is 5.32 Å². The number of rotatable bonds is 3. The number of halogens is 2. The van der Waals surface area contributed by atoms with Crippen LogP contribution in [0.4, 0.5) is 11.5 Å². The lowest BCUT2D eigenvalue weighted by atomic mass is 10.2. The minimum Gasteiger partial charge on any atom is -0.340 e. The second kappa shape index (κ2) is 7.88. The van der Waals surface area contributed by atoms with E-state index in [1.165, 1.54) is 13.3 Å². The van der Waals surface area contributed by atoms with Crippen molar-refractivity contribution in [1.29, 1.82) is 0 Å². The van der Waals surface area contributed by atoms with Crippen LogP contribution in [-0.2, 0) is 4.79 Å². The summed E-state index contributed by atoms with van der Waals surface area (Å²) >= 11 is 12.0. The average molecular weight is 394 g/mol. The highest BCUT2D eigenvalue weighted by Gasteiger charge is 2.24. The Morgan fingerprint density at radius 3 is 2.19 bits per heavy atom. The molecule has 0 unspecified atom stereocenters. The maximum atomic E-state index is 12.7. The lowest BCUT2D eigenvalue weighted by Gasteiger charge is -2.34. The van der Waals surface area contributed by atoms with Gasteiger partial charge in [-0.2, -0.15) is 0 Å². The van der Waals surface area contributed by atoms with Gasteiger partial charge in [-0.15, -0.1) is 0 Å². The Balaban J connectivity index is 1.71. The van der Waals surface area contributed by atoms with Crippen molar-refractivity contribution in [2.45, 2.75) is 6.92 Å². The Bertz CT molecular complexity index is 817. The van der Waals surface area contributed by atoms with Crippen molar-refractivity contribution in [3.8, 4) is 0 Å². The molecular formula is C17H17Cl2N5O2. The van der Waals surface area contributed by atoms with Crippen molar-refractivity contribution in [2.24, 2.45) is 0 Å². The topological polar surface area (TPSA) is 78.4 Å². The van der Waals surface area contributed by atoms with Gasteiger partial charge in [0.25, 0.3) is 5.91 Å². The van der Waals surface area contributed by atoms with Gasteiger partial charge in [0.2, 0.25) is 5.91 Å². The molecule has 7 nitrogen and oxygen atoms in total. The van der Waals surface area contributed by atoms with E-state index in [0.717, 1.165) is 0 Å². The number of benzene rings is 1. The smallest absolute Gasteiger partial charge is 0.272 e. The van der Waals surface area contributed by atoms with Gasteiger partial charge in [-0.1, -0.05) is 23.2 Å². The standard InChI is InChI=1S/C17H17Cl2N5O2/c1-11(25)23-2-4-24(5-3-23)17(26)15-9-16(21-10-20-15)22-14-7-12(18)6-13(19)8-14/h6-10H,2-5H2,1H3,(H,20,21,22). The molecule has 3 rings (SSSR count). The zero-order valence-electron chi connectivity index (χ0n) is 14.1. The van der Waals surface area contributed by atoms with Crippen molar-refractivity contribution in [2.75, 3.05) is 31.5 Å². The molecular weight excluding hydrogens is 377 g/mol. The zero-order valence-corrected chi connectivity index (χ0v) is 15.6. The molecule has 1 aromatic carbocycles. The fourth-order valence-electron chi connectivity index (χ4n) is 2.70. The summed E-state index contributed by atoms with van der Waals surface area (Å²) in [4.78, 5) is 35.6. The van der Waals surface area contributed by atoms with Gasteiger partial charge in [0, 0.05) is 54.9 Å². The Hall–Kier alpha value is -2.38. The van der Waals surface area contributed by atoms with Crippen molar-refractivity contribution in [3.05, 3.63) is 46.3 Å². The third-order valence-electron chi connectivity index (χ3n) is 4.03. The number of piperazine rings is 1. The highest BCUT2D eigenvalue weighted by molar-refractivity contribution is 6.35. The molecule has 26 heavy (non-hydrogen) atoms. The largest absolute Gasteiger partial charge is 0.340 e. The molecule has 2 aromatic rings. The van der Waals surface area contributed by atoms with E-state index in [0.29, 0.717) is 47.7 Å². The molecule has 1 aromatic heterocycles. The summed E-state index contributed by atoms with van der Waals surface area (Å²) in [5.74, 6) is 0.289. The summed E-state index contributed by atoms with van der Waals surface area (Å²) in [6.07, 6.45) is 1.33. The summed E-state index contributed by atoms with van der Waals surface area (Å²) in [6, 6.07) is 6.62. The molecule has 136 valence electrons. The first-order chi connectivity index (χ1) is 12.4. The van der Waals surface area contributed by atoms with Gasteiger partial charge in [0.15, 0.2) is 0 Å². The first kappa shape index (κ1) is 18.4. The maximum Gasteiger partial charge on any atom is 0.272 e. The Kier molecular flexibility index (Phi) is 5.58. The van der Waals surface area contributed by atoms with Crippen LogP contribution in [0.5, 0.6) is 0 Å². The van der Waals surface area contributed by atoms with Crippen LogP contribution in [0, 0.1) is 0 Å². The molecule has 0 atom stereocenters. The molecule has 2 amide bonds. The Labute approximate surface area is 160 Å². The molecule has 1 aliphatic rings. The molecule has 0 spiro atoms. The highest BCUT2D eigenvalue weighted by atomic mass is 35.5. The highest BCUT2D eigenvalue weighted by Crippen LogP contribution is 2.24. The number of hydrogen-bond acceptors (Lipinski definition) is 5. The number of carbonyl (C=O) groups is 2. The third kappa shape index (κ3) is 4.42. The maximum absolute atomic E-state index is 12.7. The second-order valence-corrected chi connectivity index (χ2v) is 6.74. The number of hydrogen-bond donors (Lipinski definition) is 1. The molecule has 1 N–H and O–H groups in total. The molecule has 9 heteroatoms. The quantitative estimate of drug-likeness (QED) is 0.866. The predicted molar refractivity (Wildman–Crippen MR) is 99.9 cm³/mol. The number of amides is 2. The van der Waals surface area contributed by atoms with Gasteiger partial charge in [-0.3, -0.25) is 9.59 Å². The summed E-state index contributed by atoms with van der Waals surface area (Å²) in [6.45, 7) is 3.54. The van der Waals surface area contributed by atoms with Crippen LogP contribution in [0.2, 0.25) is 10.0 Å². The first-order valence-electron chi connectivity index (χ1n) is 8.02. The van der Waals surface area contributed by atoms with E-state index in [-0.39, 0.29) is 17.5 Å². The van der Waals surface area contributed by atoms with Crippen LogP contribution in [0.15, 0.2) is 30.6 Å².